The zero-order valence-electron chi connectivity index (χ0n) is 15.0. The lowest BCUT2D eigenvalue weighted by Crippen LogP contribution is -2.19. The van der Waals surface area contributed by atoms with Crippen molar-refractivity contribution in [2.45, 2.75) is 20.8 Å². The minimum atomic E-state index is -0.830. The summed E-state index contributed by atoms with van der Waals surface area (Å²) in [6, 6.07) is 6.47. The molecule has 8 heteroatoms. The van der Waals surface area contributed by atoms with Gasteiger partial charge >= 0.3 is 5.97 Å². The third-order valence-electron chi connectivity index (χ3n) is 4.29. The van der Waals surface area contributed by atoms with Crippen LogP contribution in [0.3, 0.4) is 0 Å². The number of aromatic nitrogens is 3. The van der Waals surface area contributed by atoms with E-state index in [0.29, 0.717) is 27.6 Å². The monoisotopic (exact) mass is 367 g/mol. The van der Waals surface area contributed by atoms with Crippen LogP contribution in [0.25, 0.3) is 10.8 Å². The van der Waals surface area contributed by atoms with Crippen molar-refractivity contribution in [1.82, 2.24) is 15.2 Å². The van der Waals surface area contributed by atoms with E-state index in [9.17, 15) is 19.2 Å². The molecular weight excluding hydrogens is 350 g/mol. The number of nitrogens with one attached hydrogen (secondary N) is 2. The summed E-state index contributed by atoms with van der Waals surface area (Å²) in [5.41, 5.74) is 1.29. The van der Waals surface area contributed by atoms with E-state index in [1.54, 1.807) is 38.1 Å². The molecule has 0 saturated carbocycles. The Bertz CT molecular complexity index is 1140. The first-order valence-corrected chi connectivity index (χ1v) is 8.19. The molecule has 0 aliphatic heterocycles. The zero-order chi connectivity index (χ0) is 19.7. The molecule has 0 fully saturated rings. The van der Waals surface area contributed by atoms with Crippen molar-refractivity contribution in [2.75, 3.05) is 6.61 Å². The summed E-state index contributed by atoms with van der Waals surface area (Å²) in [6.45, 7) is 4.26. The minimum Gasteiger partial charge on any atom is -0.452 e. The number of hydrogen-bond donors (Lipinski definition) is 2. The van der Waals surface area contributed by atoms with E-state index in [-0.39, 0.29) is 17.2 Å². The van der Waals surface area contributed by atoms with Crippen LogP contribution >= 0.6 is 0 Å². The van der Waals surface area contributed by atoms with Crippen molar-refractivity contribution in [2.24, 2.45) is 0 Å². The van der Waals surface area contributed by atoms with E-state index in [2.05, 4.69) is 15.2 Å². The average Bonchev–Trinajstić information content (AvgIpc) is 2.94. The fourth-order valence-corrected chi connectivity index (χ4v) is 3.10. The molecule has 0 spiro atoms. The Labute approximate surface area is 153 Å². The molecule has 0 aliphatic carbocycles. The third-order valence-corrected chi connectivity index (χ3v) is 4.29. The van der Waals surface area contributed by atoms with Crippen LogP contribution in [0.15, 0.2) is 29.1 Å². The highest BCUT2D eigenvalue weighted by molar-refractivity contribution is 6.06. The number of hydrogen-bond acceptors (Lipinski definition) is 6. The Morgan fingerprint density at radius 3 is 2.41 bits per heavy atom. The maximum absolute atomic E-state index is 12.4. The van der Waals surface area contributed by atoms with E-state index >= 15 is 0 Å². The number of aryl methyl sites for hydroxylation is 1. The maximum Gasteiger partial charge on any atom is 0.359 e. The van der Waals surface area contributed by atoms with Gasteiger partial charge in [-0.3, -0.25) is 14.4 Å². The van der Waals surface area contributed by atoms with Gasteiger partial charge in [-0.2, -0.15) is 5.10 Å². The van der Waals surface area contributed by atoms with Crippen molar-refractivity contribution >= 4 is 28.3 Å². The van der Waals surface area contributed by atoms with Gasteiger partial charge in [0.25, 0.3) is 5.56 Å². The van der Waals surface area contributed by atoms with Crippen LogP contribution in [-0.4, -0.2) is 39.3 Å². The Kier molecular flexibility index (Phi) is 4.72. The second-order valence-electron chi connectivity index (χ2n) is 6.13. The summed E-state index contributed by atoms with van der Waals surface area (Å²) < 4.78 is 5.08. The first kappa shape index (κ1) is 18.2. The van der Waals surface area contributed by atoms with Crippen molar-refractivity contribution in [3.05, 3.63) is 62.8 Å². The van der Waals surface area contributed by atoms with Gasteiger partial charge in [-0.1, -0.05) is 18.2 Å². The highest BCUT2D eigenvalue weighted by Gasteiger charge is 2.22. The quantitative estimate of drug-likeness (QED) is 0.526. The number of nitrogens with zero attached hydrogens (tertiary/aromatic N) is 1. The van der Waals surface area contributed by atoms with Gasteiger partial charge in [-0.15, -0.1) is 0 Å². The largest absolute Gasteiger partial charge is 0.452 e. The number of esters is 1. The number of carbonyl (C=O) groups excluding carboxylic acids is 3. The van der Waals surface area contributed by atoms with E-state index in [1.165, 1.54) is 6.92 Å². The lowest BCUT2D eigenvalue weighted by molar-refractivity contribution is 0.0468. The van der Waals surface area contributed by atoms with Crippen molar-refractivity contribution in [3.8, 4) is 0 Å². The number of rotatable bonds is 5. The van der Waals surface area contributed by atoms with Crippen molar-refractivity contribution < 1.29 is 19.1 Å². The molecule has 0 bridgehead atoms. The number of aromatic amines is 2. The highest BCUT2D eigenvalue weighted by Crippen LogP contribution is 2.19. The molecule has 8 nitrogen and oxygen atoms in total. The summed E-state index contributed by atoms with van der Waals surface area (Å²) in [6.07, 6.45) is 0. The van der Waals surface area contributed by atoms with Crippen LogP contribution in [-0.2, 0) is 4.74 Å². The molecule has 138 valence electrons. The Balaban J connectivity index is 1.82. The molecule has 1 aromatic carbocycles. The van der Waals surface area contributed by atoms with Crippen LogP contribution in [0.1, 0.15) is 49.5 Å². The number of ketones is 2. The molecule has 27 heavy (non-hydrogen) atoms. The smallest absolute Gasteiger partial charge is 0.359 e. The van der Waals surface area contributed by atoms with Gasteiger partial charge in [0.2, 0.25) is 5.78 Å². The minimum absolute atomic E-state index is 0.0817. The van der Waals surface area contributed by atoms with Crippen LogP contribution in [0.4, 0.5) is 0 Å². The Hall–Kier alpha value is -3.55. The van der Waals surface area contributed by atoms with Gasteiger partial charge in [0.1, 0.15) is 0 Å². The van der Waals surface area contributed by atoms with Crippen LogP contribution in [0, 0.1) is 13.8 Å². The standard InChI is InChI=1S/C19H17N3O5/c1-9-15(11(3)23)10(2)20-16(9)14(24)8-27-19(26)17-12-6-4-5-7-13(12)18(25)22-21-17/h4-7,20H,8H2,1-3H3,(H,22,25). The number of fused-ring (bicyclic) bond motifs is 1. The topological polar surface area (TPSA) is 122 Å². The fraction of sp³-hybridized carbons (Fsp3) is 0.211. The molecule has 2 N–H and O–H groups in total. The Morgan fingerprint density at radius 1 is 1.11 bits per heavy atom. The van der Waals surface area contributed by atoms with Gasteiger partial charge in [0.05, 0.1) is 11.1 Å². The van der Waals surface area contributed by atoms with Crippen molar-refractivity contribution in [3.63, 3.8) is 0 Å². The number of carbonyl (C=O) groups is 3. The summed E-state index contributed by atoms with van der Waals surface area (Å²) in [5.74, 6) is -1.45. The highest BCUT2D eigenvalue weighted by atomic mass is 16.5. The van der Waals surface area contributed by atoms with E-state index in [0.717, 1.165) is 0 Å². The first-order valence-electron chi connectivity index (χ1n) is 8.19. The number of ether oxygens (including phenoxy) is 1. The molecule has 3 rings (SSSR count). The van der Waals surface area contributed by atoms with Gasteiger partial charge in [-0.25, -0.2) is 9.89 Å². The molecule has 0 saturated heterocycles. The van der Waals surface area contributed by atoms with Crippen molar-refractivity contribution in [1.29, 1.82) is 0 Å². The molecule has 0 atom stereocenters. The van der Waals surface area contributed by atoms with Gasteiger partial charge in [0, 0.05) is 16.6 Å². The molecule has 0 amide bonds. The summed E-state index contributed by atoms with van der Waals surface area (Å²) >= 11 is 0. The van der Waals surface area contributed by atoms with Gasteiger partial charge in [-0.05, 0) is 32.4 Å². The first-order chi connectivity index (χ1) is 12.8. The predicted octanol–water partition coefficient (Wildman–Crippen LogP) is 2.11. The normalized spacial score (nSPS) is 10.8. The number of benzene rings is 1. The number of H-pyrrole nitrogens is 2. The van der Waals surface area contributed by atoms with E-state index in [1.807, 2.05) is 0 Å². The third kappa shape index (κ3) is 3.29. The maximum atomic E-state index is 12.4. The van der Waals surface area contributed by atoms with Crippen LogP contribution in [0.5, 0.6) is 0 Å². The zero-order valence-corrected chi connectivity index (χ0v) is 15.0. The average molecular weight is 367 g/mol. The predicted molar refractivity (Wildman–Crippen MR) is 97.2 cm³/mol. The van der Waals surface area contributed by atoms with Crippen LogP contribution in [0.2, 0.25) is 0 Å². The number of Topliss-reactive ketones (excluding diaryl/α,β-unsaturated/α-hetero) is 2. The van der Waals surface area contributed by atoms with Crippen LogP contribution < -0.4 is 5.56 Å². The van der Waals surface area contributed by atoms with Gasteiger partial charge in [0.15, 0.2) is 18.1 Å². The molecule has 3 aromatic rings. The molecular formula is C19H17N3O5. The lowest BCUT2D eigenvalue weighted by Gasteiger charge is -2.06. The molecule has 2 aromatic heterocycles. The second-order valence-corrected chi connectivity index (χ2v) is 6.13. The summed E-state index contributed by atoms with van der Waals surface area (Å²) in [5, 5.41) is 6.62. The molecule has 0 aliphatic rings. The SMILES string of the molecule is CC(=O)c1c(C)[nH]c(C(=O)COC(=O)c2n[nH]c(=O)c3ccccc23)c1C. The molecule has 0 radical (unpaired) electrons. The summed E-state index contributed by atoms with van der Waals surface area (Å²) in [7, 11) is 0. The van der Waals surface area contributed by atoms with E-state index in [4.69, 9.17) is 4.74 Å². The van der Waals surface area contributed by atoms with E-state index < -0.39 is 23.9 Å². The van der Waals surface area contributed by atoms with Gasteiger partial charge < -0.3 is 9.72 Å². The second kappa shape index (κ2) is 6.99. The molecule has 0 unspecified atom stereocenters. The summed E-state index contributed by atoms with van der Waals surface area (Å²) in [4.78, 5) is 51.1. The molecule has 2 heterocycles. The lowest BCUT2D eigenvalue weighted by atomic mass is 10.1. The fourth-order valence-electron chi connectivity index (χ4n) is 3.10. The Morgan fingerprint density at radius 2 is 1.78 bits per heavy atom.